The van der Waals surface area contributed by atoms with Gasteiger partial charge in [-0.15, -0.1) is 0 Å². The summed E-state index contributed by atoms with van der Waals surface area (Å²) >= 11 is 0. The first-order valence-corrected chi connectivity index (χ1v) is 5.36. The van der Waals surface area contributed by atoms with Crippen molar-refractivity contribution in [3.05, 3.63) is 54.1 Å². The van der Waals surface area contributed by atoms with E-state index in [1.807, 2.05) is 36.4 Å². The molecule has 1 atom stereocenters. The number of carbonyl (C=O) groups is 1. The lowest BCUT2D eigenvalue weighted by Gasteiger charge is -2.16. The molecule has 1 aromatic rings. The third kappa shape index (κ3) is 5.68. The average molecular weight is 232 g/mol. The fraction of sp³-hybridized carbons (Fsp3) is 0.214. The third-order valence-corrected chi connectivity index (χ3v) is 2.23. The summed E-state index contributed by atoms with van der Waals surface area (Å²) < 4.78 is 0. The van der Waals surface area contributed by atoms with Gasteiger partial charge in [0.25, 0.3) is 0 Å². The Morgan fingerprint density at radius 3 is 2.59 bits per heavy atom. The molecule has 0 aromatic heterocycles. The van der Waals surface area contributed by atoms with Crippen LogP contribution < -0.4 is 0 Å². The molecule has 0 aliphatic rings. The highest BCUT2D eigenvalue weighted by molar-refractivity contribution is 5.79. The minimum atomic E-state index is -1.04. The summed E-state index contributed by atoms with van der Waals surface area (Å²) in [7, 11) is 0. The van der Waals surface area contributed by atoms with Crippen molar-refractivity contribution in [3.8, 4) is 0 Å². The zero-order chi connectivity index (χ0) is 12.7. The SMILES string of the molecule is CC(O)(/C=C/c1ccccc1)C/C=C/C(=O)O. The minimum Gasteiger partial charge on any atom is -0.478 e. The number of rotatable bonds is 5. The van der Waals surface area contributed by atoms with Gasteiger partial charge in [0.15, 0.2) is 0 Å². The summed E-state index contributed by atoms with van der Waals surface area (Å²) in [5.41, 5.74) is -0.0445. The smallest absolute Gasteiger partial charge is 0.327 e. The molecule has 3 nitrogen and oxygen atoms in total. The van der Waals surface area contributed by atoms with Gasteiger partial charge in [0.1, 0.15) is 0 Å². The molecule has 0 aliphatic carbocycles. The van der Waals surface area contributed by atoms with Crippen LogP contribution in [0.3, 0.4) is 0 Å². The molecule has 0 fully saturated rings. The van der Waals surface area contributed by atoms with Gasteiger partial charge in [-0.25, -0.2) is 4.79 Å². The molecule has 1 aromatic carbocycles. The second-order valence-electron chi connectivity index (χ2n) is 4.05. The van der Waals surface area contributed by atoms with Gasteiger partial charge in [-0.2, -0.15) is 0 Å². The second-order valence-corrected chi connectivity index (χ2v) is 4.05. The van der Waals surface area contributed by atoms with E-state index in [4.69, 9.17) is 5.11 Å². The van der Waals surface area contributed by atoms with Crippen molar-refractivity contribution in [2.45, 2.75) is 18.9 Å². The number of benzene rings is 1. The Balaban J connectivity index is 2.60. The van der Waals surface area contributed by atoms with Crippen LogP contribution in [0.15, 0.2) is 48.6 Å². The highest BCUT2D eigenvalue weighted by Gasteiger charge is 2.13. The molecular formula is C14H16O3. The minimum absolute atomic E-state index is 0.267. The third-order valence-electron chi connectivity index (χ3n) is 2.23. The van der Waals surface area contributed by atoms with E-state index in [-0.39, 0.29) is 6.42 Å². The van der Waals surface area contributed by atoms with E-state index in [9.17, 15) is 9.90 Å². The van der Waals surface area contributed by atoms with Gasteiger partial charge in [0.2, 0.25) is 0 Å². The number of hydrogen-bond donors (Lipinski definition) is 2. The van der Waals surface area contributed by atoms with Crippen LogP contribution in [0.4, 0.5) is 0 Å². The summed E-state index contributed by atoms with van der Waals surface area (Å²) in [6.07, 6.45) is 6.22. The first-order valence-electron chi connectivity index (χ1n) is 5.36. The summed E-state index contributed by atoms with van der Waals surface area (Å²) in [5, 5.41) is 18.4. The monoisotopic (exact) mass is 232 g/mol. The van der Waals surface area contributed by atoms with Crippen LogP contribution in [0.2, 0.25) is 0 Å². The predicted octanol–water partition coefficient (Wildman–Crippen LogP) is 2.48. The Kier molecular flexibility index (Phi) is 4.67. The van der Waals surface area contributed by atoms with Crippen LogP contribution in [0.25, 0.3) is 6.08 Å². The fourth-order valence-corrected chi connectivity index (χ4v) is 1.31. The molecule has 3 heteroatoms. The lowest BCUT2D eigenvalue weighted by Crippen LogP contribution is -2.19. The molecule has 90 valence electrons. The molecule has 0 aliphatic heterocycles. The van der Waals surface area contributed by atoms with Crippen LogP contribution >= 0.6 is 0 Å². The Morgan fingerprint density at radius 1 is 1.35 bits per heavy atom. The van der Waals surface area contributed by atoms with Gasteiger partial charge in [-0.05, 0) is 18.9 Å². The van der Waals surface area contributed by atoms with E-state index in [0.29, 0.717) is 0 Å². The molecule has 0 spiro atoms. The van der Waals surface area contributed by atoms with Gasteiger partial charge in [0, 0.05) is 6.08 Å². The molecule has 17 heavy (non-hydrogen) atoms. The number of carboxylic acids is 1. The maximum Gasteiger partial charge on any atom is 0.327 e. The van der Waals surface area contributed by atoms with Crippen LogP contribution in [-0.4, -0.2) is 21.8 Å². The van der Waals surface area contributed by atoms with Gasteiger partial charge in [-0.3, -0.25) is 0 Å². The van der Waals surface area contributed by atoms with Crippen molar-refractivity contribution in [1.29, 1.82) is 0 Å². The lowest BCUT2D eigenvalue weighted by molar-refractivity contribution is -0.131. The number of hydrogen-bond acceptors (Lipinski definition) is 2. The first kappa shape index (κ1) is 13.2. The standard InChI is InChI=1S/C14H16O3/c1-14(17,10-5-8-13(15)16)11-9-12-6-3-2-4-7-12/h2-9,11,17H,10H2,1H3,(H,15,16)/b8-5+,11-9+. The van der Waals surface area contributed by atoms with Crippen molar-refractivity contribution in [3.63, 3.8) is 0 Å². The van der Waals surface area contributed by atoms with Gasteiger partial charge < -0.3 is 10.2 Å². The van der Waals surface area contributed by atoms with Crippen molar-refractivity contribution < 1.29 is 15.0 Å². The van der Waals surface area contributed by atoms with E-state index in [0.717, 1.165) is 11.6 Å². The lowest BCUT2D eigenvalue weighted by atomic mass is 10.0. The Morgan fingerprint density at radius 2 is 2.00 bits per heavy atom. The summed E-state index contributed by atoms with van der Waals surface area (Å²) in [4.78, 5) is 10.3. The van der Waals surface area contributed by atoms with Crippen LogP contribution in [0.5, 0.6) is 0 Å². The fourth-order valence-electron chi connectivity index (χ4n) is 1.31. The molecule has 0 amide bonds. The van der Waals surface area contributed by atoms with E-state index >= 15 is 0 Å². The van der Waals surface area contributed by atoms with Gasteiger partial charge >= 0.3 is 5.97 Å². The maximum atomic E-state index is 10.3. The normalized spacial score (nSPS) is 15.2. The van der Waals surface area contributed by atoms with E-state index in [1.165, 1.54) is 6.08 Å². The Bertz CT molecular complexity index is 416. The van der Waals surface area contributed by atoms with E-state index in [1.54, 1.807) is 13.0 Å². The highest BCUT2D eigenvalue weighted by Crippen LogP contribution is 2.14. The molecule has 0 heterocycles. The summed E-state index contributed by atoms with van der Waals surface area (Å²) in [6.45, 7) is 1.64. The average Bonchev–Trinajstić information content (AvgIpc) is 2.27. The van der Waals surface area contributed by atoms with Crippen LogP contribution in [0.1, 0.15) is 18.9 Å². The second kappa shape index (κ2) is 6.01. The molecular weight excluding hydrogens is 216 g/mol. The van der Waals surface area contributed by atoms with E-state index < -0.39 is 11.6 Å². The van der Waals surface area contributed by atoms with Gasteiger partial charge in [-0.1, -0.05) is 48.6 Å². The maximum absolute atomic E-state index is 10.3. The topological polar surface area (TPSA) is 57.5 Å². The molecule has 1 rings (SSSR count). The predicted molar refractivity (Wildman–Crippen MR) is 67.5 cm³/mol. The van der Waals surface area contributed by atoms with E-state index in [2.05, 4.69) is 0 Å². The number of aliphatic hydroxyl groups is 1. The quantitative estimate of drug-likeness (QED) is 0.767. The first-order chi connectivity index (χ1) is 7.99. The largest absolute Gasteiger partial charge is 0.478 e. The van der Waals surface area contributed by atoms with Crippen LogP contribution in [0, 0.1) is 0 Å². The van der Waals surface area contributed by atoms with Gasteiger partial charge in [0.05, 0.1) is 5.60 Å². The van der Waals surface area contributed by atoms with Crippen molar-refractivity contribution >= 4 is 12.0 Å². The summed E-state index contributed by atoms with van der Waals surface area (Å²) in [5.74, 6) is -1.01. The molecule has 0 saturated heterocycles. The molecule has 0 bridgehead atoms. The zero-order valence-corrected chi connectivity index (χ0v) is 9.71. The number of carboxylic acid groups (broad SMARTS) is 1. The summed E-state index contributed by atoms with van der Waals surface area (Å²) in [6, 6.07) is 9.61. The highest BCUT2D eigenvalue weighted by atomic mass is 16.4. The number of aliphatic carboxylic acids is 1. The Labute approximate surface area is 101 Å². The molecule has 0 radical (unpaired) electrons. The van der Waals surface area contributed by atoms with Crippen molar-refractivity contribution in [2.75, 3.05) is 0 Å². The Hall–Kier alpha value is -1.87. The van der Waals surface area contributed by atoms with Crippen LogP contribution in [-0.2, 0) is 4.79 Å². The molecule has 2 N–H and O–H groups in total. The molecule has 0 saturated carbocycles. The van der Waals surface area contributed by atoms with Crippen molar-refractivity contribution in [2.24, 2.45) is 0 Å². The zero-order valence-electron chi connectivity index (χ0n) is 9.71. The molecule has 1 unspecified atom stereocenters. The van der Waals surface area contributed by atoms with Crippen molar-refractivity contribution in [1.82, 2.24) is 0 Å².